The van der Waals surface area contributed by atoms with Gasteiger partial charge in [-0.25, -0.2) is 4.98 Å². The van der Waals surface area contributed by atoms with E-state index >= 15 is 0 Å². The van der Waals surface area contributed by atoms with Gasteiger partial charge in [0.15, 0.2) is 0 Å². The van der Waals surface area contributed by atoms with E-state index in [0.29, 0.717) is 0 Å². The lowest BCUT2D eigenvalue weighted by Gasteiger charge is -2.38. The highest BCUT2D eigenvalue weighted by molar-refractivity contribution is 5.80. The van der Waals surface area contributed by atoms with E-state index in [9.17, 15) is 9.90 Å². The molecule has 0 saturated carbocycles. The fourth-order valence-electron chi connectivity index (χ4n) is 1.83. The van der Waals surface area contributed by atoms with Crippen molar-refractivity contribution in [2.45, 2.75) is 45.4 Å². The molecule has 1 heterocycles. The zero-order chi connectivity index (χ0) is 15.0. The first-order chi connectivity index (χ1) is 9.21. The predicted octanol–water partition coefficient (Wildman–Crippen LogP) is 1.70. The Morgan fingerprint density at radius 3 is 2.60 bits per heavy atom. The number of para-hydroxylation sites is 2. The molecule has 0 aliphatic carbocycles. The van der Waals surface area contributed by atoms with Crippen molar-refractivity contribution in [1.29, 1.82) is 0 Å². The molecule has 0 bridgehead atoms. The van der Waals surface area contributed by atoms with Crippen LogP contribution in [0.2, 0.25) is 0 Å². The molecule has 0 radical (unpaired) electrons. The minimum atomic E-state index is -1.00. The number of hydrogen-bond donors (Lipinski definition) is 2. The number of benzene rings is 1. The van der Waals surface area contributed by atoms with Gasteiger partial charge in [0.25, 0.3) is 0 Å². The zero-order valence-electron chi connectivity index (χ0n) is 12.3. The van der Waals surface area contributed by atoms with E-state index < -0.39 is 11.1 Å². The number of nitrogens with zero attached hydrogens (tertiary/aromatic N) is 2. The van der Waals surface area contributed by atoms with E-state index in [0.717, 1.165) is 11.0 Å². The second-order valence-electron chi connectivity index (χ2n) is 6.09. The minimum Gasteiger partial charge on any atom is -0.388 e. The van der Waals surface area contributed by atoms with E-state index in [1.807, 2.05) is 24.3 Å². The average Bonchev–Trinajstić information content (AvgIpc) is 2.70. The zero-order valence-corrected chi connectivity index (χ0v) is 12.3. The predicted molar refractivity (Wildman–Crippen MR) is 78.3 cm³/mol. The molecule has 0 aliphatic rings. The van der Waals surface area contributed by atoms with E-state index in [-0.39, 0.29) is 12.5 Å². The average molecular weight is 275 g/mol. The van der Waals surface area contributed by atoms with Crippen LogP contribution in [0, 0.1) is 0 Å². The summed E-state index contributed by atoms with van der Waals surface area (Å²) in [5.74, 6) is -0.153. The van der Waals surface area contributed by atoms with Gasteiger partial charge < -0.3 is 15.0 Å². The number of hydrogen-bond acceptors (Lipinski definition) is 3. The number of aromatic nitrogens is 2. The third kappa shape index (κ3) is 2.82. The SMILES string of the molecule is CC(C)(O)C(C)(C)NC(=O)Cn1cnc2ccccc21. The van der Waals surface area contributed by atoms with Crippen molar-refractivity contribution in [2.24, 2.45) is 0 Å². The van der Waals surface area contributed by atoms with Crippen molar-refractivity contribution in [2.75, 3.05) is 0 Å². The van der Waals surface area contributed by atoms with Crippen LogP contribution >= 0.6 is 0 Å². The first kappa shape index (κ1) is 14.5. The van der Waals surface area contributed by atoms with Crippen LogP contribution in [0.1, 0.15) is 27.7 Å². The van der Waals surface area contributed by atoms with E-state index in [1.165, 1.54) is 0 Å². The van der Waals surface area contributed by atoms with Crippen LogP contribution in [-0.4, -0.2) is 31.7 Å². The normalized spacial score (nSPS) is 12.7. The molecule has 108 valence electrons. The molecule has 0 unspecified atom stereocenters. The van der Waals surface area contributed by atoms with Gasteiger partial charge in [0.05, 0.1) is 28.5 Å². The fraction of sp³-hybridized carbons (Fsp3) is 0.467. The number of aliphatic hydroxyl groups is 1. The third-order valence-electron chi connectivity index (χ3n) is 3.82. The van der Waals surface area contributed by atoms with Crippen LogP contribution in [-0.2, 0) is 11.3 Å². The molecule has 2 aromatic rings. The molecule has 1 aromatic heterocycles. The maximum atomic E-state index is 12.1. The first-order valence-corrected chi connectivity index (χ1v) is 6.64. The summed E-state index contributed by atoms with van der Waals surface area (Å²) < 4.78 is 1.80. The molecule has 1 aromatic carbocycles. The Morgan fingerprint density at radius 2 is 1.95 bits per heavy atom. The van der Waals surface area contributed by atoms with Gasteiger partial charge in [-0.05, 0) is 39.8 Å². The van der Waals surface area contributed by atoms with Gasteiger partial charge in [-0.2, -0.15) is 0 Å². The molecule has 0 aliphatic heterocycles. The highest BCUT2D eigenvalue weighted by Gasteiger charge is 2.36. The largest absolute Gasteiger partial charge is 0.388 e. The van der Waals surface area contributed by atoms with Crippen LogP contribution in [0.15, 0.2) is 30.6 Å². The number of fused-ring (bicyclic) bond motifs is 1. The second kappa shape index (κ2) is 4.90. The van der Waals surface area contributed by atoms with E-state index in [1.54, 1.807) is 38.6 Å². The Balaban J connectivity index is 2.13. The summed E-state index contributed by atoms with van der Waals surface area (Å²) in [6.07, 6.45) is 1.65. The molecular weight excluding hydrogens is 254 g/mol. The van der Waals surface area contributed by atoms with Gasteiger partial charge in [0, 0.05) is 0 Å². The molecule has 2 N–H and O–H groups in total. The highest BCUT2D eigenvalue weighted by atomic mass is 16.3. The number of carbonyl (C=O) groups excluding carboxylic acids is 1. The molecule has 0 spiro atoms. The Hall–Kier alpha value is -1.88. The molecule has 1 amide bonds. The van der Waals surface area contributed by atoms with E-state index in [2.05, 4.69) is 10.3 Å². The molecular formula is C15H21N3O2. The summed E-state index contributed by atoms with van der Waals surface area (Å²) in [6.45, 7) is 7.15. The van der Waals surface area contributed by atoms with Crippen molar-refractivity contribution in [3.8, 4) is 0 Å². The lowest BCUT2D eigenvalue weighted by atomic mass is 9.86. The number of rotatable bonds is 4. The number of nitrogens with one attached hydrogen (secondary N) is 1. The smallest absolute Gasteiger partial charge is 0.240 e. The molecule has 0 atom stereocenters. The Labute approximate surface area is 118 Å². The Morgan fingerprint density at radius 1 is 1.30 bits per heavy atom. The van der Waals surface area contributed by atoms with Crippen molar-refractivity contribution < 1.29 is 9.90 Å². The highest BCUT2D eigenvalue weighted by Crippen LogP contribution is 2.20. The first-order valence-electron chi connectivity index (χ1n) is 6.64. The standard InChI is InChI=1S/C15H21N3O2/c1-14(2,15(3,4)20)17-13(19)9-18-10-16-11-7-5-6-8-12(11)18/h5-8,10,20H,9H2,1-4H3,(H,17,19). The lowest BCUT2D eigenvalue weighted by Crippen LogP contribution is -2.58. The summed E-state index contributed by atoms with van der Waals surface area (Å²) in [7, 11) is 0. The molecule has 5 nitrogen and oxygen atoms in total. The number of amides is 1. The van der Waals surface area contributed by atoms with E-state index in [4.69, 9.17) is 0 Å². The van der Waals surface area contributed by atoms with Crippen LogP contribution in [0.5, 0.6) is 0 Å². The Kier molecular flexibility index (Phi) is 3.56. The van der Waals surface area contributed by atoms with Crippen LogP contribution < -0.4 is 5.32 Å². The minimum absolute atomic E-state index is 0.153. The maximum absolute atomic E-state index is 12.1. The molecule has 20 heavy (non-hydrogen) atoms. The lowest BCUT2D eigenvalue weighted by molar-refractivity contribution is -0.126. The summed E-state index contributed by atoms with van der Waals surface area (Å²) >= 11 is 0. The molecule has 2 rings (SSSR count). The van der Waals surface area contributed by atoms with Crippen molar-refractivity contribution in [1.82, 2.24) is 14.9 Å². The van der Waals surface area contributed by atoms with Crippen LogP contribution in [0.25, 0.3) is 11.0 Å². The quantitative estimate of drug-likeness (QED) is 0.892. The molecule has 0 fully saturated rings. The van der Waals surface area contributed by atoms with Crippen molar-refractivity contribution in [3.63, 3.8) is 0 Å². The maximum Gasteiger partial charge on any atom is 0.240 e. The van der Waals surface area contributed by atoms with Crippen LogP contribution in [0.3, 0.4) is 0 Å². The summed E-state index contributed by atoms with van der Waals surface area (Å²) in [5, 5.41) is 12.9. The third-order valence-corrected chi connectivity index (χ3v) is 3.82. The van der Waals surface area contributed by atoms with Crippen molar-refractivity contribution >= 4 is 16.9 Å². The molecule has 5 heteroatoms. The van der Waals surface area contributed by atoms with Crippen LogP contribution in [0.4, 0.5) is 0 Å². The van der Waals surface area contributed by atoms with Gasteiger partial charge in [-0.3, -0.25) is 4.79 Å². The molecule has 0 saturated heterocycles. The Bertz CT molecular complexity index is 623. The summed E-state index contributed by atoms with van der Waals surface area (Å²) in [6, 6.07) is 7.66. The van der Waals surface area contributed by atoms with Gasteiger partial charge in [0.2, 0.25) is 5.91 Å². The summed E-state index contributed by atoms with van der Waals surface area (Å²) in [4.78, 5) is 16.4. The number of imidazole rings is 1. The summed E-state index contributed by atoms with van der Waals surface area (Å²) in [5.41, 5.74) is 0.0749. The second-order valence-corrected chi connectivity index (χ2v) is 6.09. The van der Waals surface area contributed by atoms with Crippen molar-refractivity contribution in [3.05, 3.63) is 30.6 Å². The topological polar surface area (TPSA) is 67.2 Å². The van der Waals surface area contributed by atoms with Gasteiger partial charge in [-0.15, -0.1) is 0 Å². The van der Waals surface area contributed by atoms with Gasteiger partial charge in [0.1, 0.15) is 6.54 Å². The van der Waals surface area contributed by atoms with Gasteiger partial charge in [-0.1, -0.05) is 12.1 Å². The number of carbonyl (C=O) groups is 1. The monoisotopic (exact) mass is 275 g/mol. The fourth-order valence-corrected chi connectivity index (χ4v) is 1.83. The van der Waals surface area contributed by atoms with Gasteiger partial charge >= 0.3 is 0 Å².